The lowest BCUT2D eigenvalue weighted by Crippen LogP contribution is -2.34. The Morgan fingerprint density at radius 2 is 2.33 bits per heavy atom. The summed E-state index contributed by atoms with van der Waals surface area (Å²) in [5, 5.41) is 12.1. The molecule has 1 N–H and O–H groups in total. The first-order valence-corrected chi connectivity index (χ1v) is 4.71. The van der Waals surface area contributed by atoms with E-state index in [1.165, 1.54) is 0 Å². The largest absolute Gasteiger partial charge is 0.378 e. The molecule has 1 fully saturated rings. The molecule has 0 unspecified atom stereocenters. The van der Waals surface area contributed by atoms with Gasteiger partial charge in [-0.25, -0.2) is 0 Å². The number of ether oxygens (including phenoxy) is 1. The molecule has 1 aliphatic rings. The molecule has 1 saturated heterocycles. The normalized spacial score (nSPS) is 20.1. The average molecular weight is 225 g/mol. The van der Waals surface area contributed by atoms with E-state index in [0.717, 1.165) is 18.7 Å². The van der Waals surface area contributed by atoms with Crippen LogP contribution in [0.1, 0.15) is 17.2 Å². The van der Waals surface area contributed by atoms with Gasteiger partial charge < -0.3 is 10.1 Å². The Kier molecular flexibility index (Phi) is 4.57. The Bertz CT molecular complexity index is 356. The first kappa shape index (κ1) is 12.0. The van der Waals surface area contributed by atoms with Crippen LogP contribution in [0.25, 0.3) is 0 Å². The monoisotopic (exact) mass is 224 g/mol. The highest BCUT2D eigenvalue weighted by atomic mass is 35.5. The van der Waals surface area contributed by atoms with E-state index in [9.17, 15) is 0 Å². The summed E-state index contributed by atoms with van der Waals surface area (Å²) in [5.41, 5.74) is 1.83. The van der Waals surface area contributed by atoms with Crippen LogP contribution in [0.4, 0.5) is 0 Å². The van der Waals surface area contributed by atoms with E-state index in [-0.39, 0.29) is 18.4 Å². The first-order chi connectivity index (χ1) is 6.90. The molecule has 2 rings (SSSR count). The van der Waals surface area contributed by atoms with Gasteiger partial charge in [0.25, 0.3) is 0 Å². The van der Waals surface area contributed by atoms with Crippen molar-refractivity contribution in [1.82, 2.24) is 5.32 Å². The molecule has 15 heavy (non-hydrogen) atoms. The summed E-state index contributed by atoms with van der Waals surface area (Å²) < 4.78 is 5.36. The number of hydrogen-bond donors (Lipinski definition) is 1. The van der Waals surface area contributed by atoms with Crippen molar-refractivity contribution in [3.8, 4) is 6.07 Å². The lowest BCUT2D eigenvalue weighted by molar-refractivity contribution is 0.0769. The van der Waals surface area contributed by atoms with Crippen LogP contribution in [0.2, 0.25) is 0 Å². The van der Waals surface area contributed by atoms with Crippen LogP contribution < -0.4 is 5.32 Å². The zero-order chi connectivity index (χ0) is 9.80. The highest BCUT2D eigenvalue weighted by molar-refractivity contribution is 5.85. The van der Waals surface area contributed by atoms with Crippen molar-refractivity contribution < 1.29 is 4.74 Å². The molecule has 1 aromatic rings. The van der Waals surface area contributed by atoms with Gasteiger partial charge in [0, 0.05) is 6.54 Å². The molecule has 1 heterocycles. The molecule has 4 heteroatoms. The summed E-state index contributed by atoms with van der Waals surface area (Å²) in [6.45, 7) is 2.34. The molecule has 0 amide bonds. The van der Waals surface area contributed by atoms with E-state index >= 15 is 0 Å². The van der Waals surface area contributed by atoms with Gasteiger partial charge in [0.2, 0.25) is 0 Å². The van der Waals surface area contributed by atoms with Crippen LogP contribution >= 0.6 is 12.4 Å². The molecule has 0 aromatic heterocycles. The van der Waals surface area contributed by atoms with Gasteiger partial charge in [0.05, 0.1) is 30.9 Å². The predicted octanol–water partition coefficient (Wildman–Crippen LogP) is 1.64. The Morgan fingerprint density at radius 1 is 1.47 bits per heavy atom. The molecule has 0 spiro atoms. The maximum absolute atomic E-state index is 8.76. The number of benzene rings is 1. The van der Waals surface area contributed by atoms with Gasteiger partial charge in [-0.05, 0) is 17.7 Å². The molecule has 3 nitrogen and oxygen atoms in total. The SMILES string of the molecule is Cl.N#Cc1cccc([C@@H]2COCCN2)c1. The van der Waals surface area contributed by atoms with Crippen molar-refractivity contribution >= 4 is 12.4 Å². The van der Waals surface area contributed by atoms with E-state index in [4.69, 9.17) is 10.00 Å². The van der Waals surface area contributed by atoms with E-state index < -0.39 is 0 Å². The first-order valence-electron chi connectivity index (χ1n) is 4.71. The minimum atomic E-state index is 0. The zero-order valence-electron chi connectivity index (χ0n) is 8.27. The number of morpholine rings is 1. The molecule has 0 radical (unpaired) electrons. The Hall–Kier alpha value is -1.08. The number of nitrogens with zero attached hydrogens (tertiary/aromatic N) is 1. The number of hydrogen-bond acceptors (Lipinski definition) is 3. The quantitative estimate of drug-likeness (QED) is 0.789. The summed E-state index contributed by atoms with van der Waals surface area (Å²) in [5.74, 6) is 0. The third kappa shape index (κ3) is 2.93. The highest BCUT2D eigenvalue weighted by Gasteiger charge is 2.14. The van der Waals surface area contributed by atoms with Crippen LogP contribution in [-0.2, 0) is 4.74 Å². The summed E-state index contributed by atoms with van der Waals surface area (Å²) >= 11 is 0. The third-order valence-corrected chi connectivity index (χ3v) is 2.34. The second-order valence-electron chi connectivity index (χ2n) is 3.32. The van der Waals surface area contributed by atoms with Gasteiger partial charge in [-0.3, -0.25) is 0 Å². The highest BCUT2D eigenvalue weighted by Crippen LogP contribution is 2.16. The molecule has 1 atom stereocenters. The summed E-state index contributed by atoms with van der Waals surface area (Å²) in [4.78, 5) is 0. The van der Waals surface area contributed by atoms with Crippen LogP contribution in [0.3, 0.4) is 0 Å². The van der Waals surface area contributed by atoms with Gasteiger partial charge >= 0.3 is 0 Å². The van der Waals surface area contributed by atoms with E-state index in [1.54, 1.807) is 0 Å². The minimum Gasteiger partial charge on any atom is -0.378 e. The summed E-state index contributed by atoms with van der Waals surface area (Å²) in [6.07, 6.45) is 0. The molecule has 0 aliphatic carbocycles. The van der Waals surface area contributed by atoms with Gasteiger partial charge in [-0.1, -0.05) is 12.1 Å². The van der Waals surface area contributed by atoms with Crippen LogP contribution in [-0.4, -0.2) is 19.8 Å². The Morgan fingerprint density at radius 3 is 3.00 bits per heavy atom. The standard InChI is InChI=1S/C11H12N2O.ClH/c12-7-9-2-1-3-10(6-9)11-8-14-5-4-13-11;/h1-3,6,11,13H,4-5,8H2;1H/t11-;/m0./s1. The predicted molar refractivity (Wildman–Crippen MR) is 60.0 cm³/mol. The third-order valence-electron chi connectivity index (χ3n) is 2.34. The maximum Gasteiger partial charge on any atom is 0.0991 e. The Labute approximate surface area is 95.5 Å². The minimum absolute atomic E-state index is 0. The van der Waals surface area contributed by atoms with Crippen LogP contribution in [0.15, 0.2) is 24.3 Å². The van der Waals surface area contributed by atoms with Gasteiger partial charge in [0.15, 0.2) is 0 Å². The maximum atomic E-state index is 8.76. The lowest BCUT2D eigenvalue weighted by atomic mass is 10.0. The zero-order valence-corrected chi connectivity index (χ0v) is 9.09. The lowest BCUT2D eigenvalue weighted by Gasteiger charge is -2.24. The fourth-order valence-corrected chi connectivity index (χ4v) is 1.60. The number of nitrogens with one attached hydrogen (secondary N) is 1. The van der Waals surface area contributed by atoms with Gasteiger partial charge in [-0.2, -0.15) is 5.26 Å². The van der Waals surface area contributed by atoms with Crippen LogP contribution in [0.5, 0.6) is 0 Å². The molecule has 1 aliphatic heterocycles. The van der Waals surface area contributed by atoms with E-state index in [2.05, 4.69) is 11.4 Å². The fraction of sp³-hybridized carbons (Fsp3) is 0.364. The van der Waals surface area contributed by atoms with Gasteiger partial charge in [-0.15, -0.1) is 12.4 Å². The smallest absolute Gasteiger partial charge is 0.0991 e. The Balaban J connectivity index is 0.00000112. The second kappa shape index (κ2) is 5.72. The second-order valence-corrected chi connectivity index (χ2v) is 3.32. The topological polar surface area (TPSA) is 45.0 Å². The van der Waals surface area contributed by atoms with Crippen molar-refractivity contribution in [3.63, 3.8) is 0 Å². The number of halogens is 1. The van der Waals surface area contributed by atoms with E-state index in [1.807, 2.05) is 24.3 Å². The number of nitriles is 1. The molecular formula is C11H13ClN2O. The van der Waals surface area contributed by atoms with Crippen molar-refractivity contribution in [3.05, 3.63) is 35.4 Å². The molecule has 0 bridgehead atoms. The molecular weight excluding hydrogens is 212 g/mol. The van der Waals surface area contributed by atoms with Crippen molar-refractivity contribution in [1.29, 1.82) is 5.26 Å². The molecule has 1 aromatic carbocycles. The number of rotatable bonds is 1. The average Bonchev–Trinajstić information content (AvgIpc) is 2.30. The van der Waals surface area contributed by atoms with Crippen molar-refractivity contribution in [2.45, 2.75) is 6.04 Å². The summed E-state index contributed by atoms with van der Waals surface area (Å²) in [7, 11) is 0. The van der Waals surface area contributed by atoms with Crippen molar-refractivity contribution in [2.75, 3.05) is 19.8 Å². The van der Waals surface area contributed by atoms with Gasteiger partial charge in [0.1, 0.15) is 0 Å². The van der Waals surface area contributed by atoms with Crippen molar-refractivity contribution in [2.24, 2.45) is 0 Å². The van der Waals surface area contributed by atoms with Crippen LogP contribution in [0, 0.1) is 11.3 Å². The molecule has 0 saturated carbocycles. The molecule has 80 valence electrons. The summed E-state index contributed by atoms with van der Waals surface area (Å²) in [6, 6.07) is 10.0. The van der Waals surface area contributed by atoms with E-state index in [0.29, 0.717) is 12.2 Å². The fourth-order valence-electron chi connectivity index (χ4n) is 1.60.